The third kappa shape index (κ3) is 2.62. The van der Waals surface area contributed by atoms with Gasteiger partial charge in [-0.3, -0.25) is 4.79 Å². The Hall–Kier alpha value is -2.15. The van der Waals surface area contributed by atoms with Gasteiger partial charge in [0.25, 0.3) is 5.91 Å². The molecule has 2 atom stereocenters. The maximum atomic E-state index is 14.3. The number of halogens is 1. The second kappa shape index (κ2) is 6.39. The zero-order chi connectivity index (χ0) is 18.1. The highest BCUT2D eigenvalue weighted by molar-refractivity contribution is 5.99. The Labute approximate surface area is 139 Å². The van der Waals surface area contributed by atoms with E-state index < -0.39 is 28.6 Å². The minimum absolute atomic E-state index is 0.0768. The summed E-state index contributed by atoms with van der Waals surface area (Å²) < 4.78 is 24.6. The summed E-state index contributed by atoms with van der Waals surface area (Å²) in [4.78, 5) is 24.3. The number of carbonyl (C=O) groups is 2. The molecule has 1 saturated carbocycles. The van der Waals surface area contributed by atoms with Gasteiger partial charge in [-0.15, -0.1) is 0 Å². The number of ether oxygens (including phenoxy) is 2. The van der Waals surface area contributed by atoms with Gasteiger partial charge in [0.1, 0.15) is 5.54 Å². The predicted octanol–water partition coefficient (Wildman–Crippen LogP) is 2.22. The maximum absolute atomic E-state index is 14.3. The number of amides is 1. The van der Waals surface area contributed by atoms with Crippen molar-refractivity contribution in [2.45, 2.75) is 38.8 Å². The van der Waals surface area contributed by atoms with Gasteiger partial charge >= 0.3 is 5.97 Å². The summed E-state index contributed by atoms with van der Waals surface area (Å²) in [7, 11) is 1.29. The van der Waals surface area contributed by atoms with Crippen LogP contribution in [-0.2, 0) is 9.53 Å². The van der Waals surface area contributed by atoms with Gasteiger partial charge in [-0.05, 0) is 19.1 Å². The van der Waals surface area contributed by atoms with Crippen molar-refractivity contribution in [3.8, 4) is 5.75 Å². The van der Waals surface area contributed by atoms with Crippen LogP contribution < -0.4 is 10.1 Å². The molecule has 2 rings (SSSR count). The molecule has 132 valence electrons. The Morgan fingerprint density at radius 2 is 2.08 bits per heavy atom. The van der Waals surface area contributed by atoms with Crippen LogP contribution in [-0.4, -0.2) is 42.3 Å². The Morgan fingerprint density at radius 1 is 1.42 bits per heavy atom. The van der Waals surface area contributed by atoms with Crippen LogP contribution in [0.4, 0.5) is 4.39 Å². The van der Waals surface area contributed by atoms with E-state index in [2.05, 4.69) is 5.32 Å². The van der Waals surface area contributed by atoms with Crippen LogP contribution in [0.5, 0.6) is 5.75 Å². The van der Waals surface area contributed by atoms with Gasteiger partial charge in [0.15, 0.2) is 11.6 Å². The summed E-state index contributed by atoms with van der Waals surface area (Å²) in [6, 6.07) is 4.14. The molecule has 0 bridgehead atoms. The van der Waals surface area contributed by atoms with Crippen molar-refractivity contribution >= 4 is 11.9 Å². The molecule has 1 amide bonds. The molecule has 0 radical (unpaired) electrons. The van der Waals surface area contributed by atoms with Gasteiger partial charge < -0.3 is 19.9 Å². The first-order chi connectivity index (χ1) is 11.2. The molecule has 7 heteroatoms. The van der Waals surface area contributed by atoms with Crippen molar-refractivity contribution in [1.29, 1.82) is 0 Å². The van der Waals surface area contributed by atoms with Crippen LogP contribution in [0, 0.1) is 11.2 Å². The summed E-state index contributed by atoms with van der Waals surface area (Å²) in [6.45, 7) is 5.70. The highest BCUT2D eigenvalue weighted by Gasteiger charge is 2.66. The minimum atomic E-state index is -1.51. The molecule has 24 heavy (non-hydrogen) atoms. The number of nitrogens with one attached hydrogen (secondary N) is 1. The summed E-state index contributed by atoms with van der Waals surface area (Å²) in [6.07, 6.45) is -0.172. The Morgan fingerprint density at radius 3 is 2.58 bits per heavy atom. The molecular formula is C17H22FNO5. The molecule has 6 nitrogen and oxygen atoms in total. The molecule has 1 aromatic carbocycles. The van der Waals surface area contributed by atoms with E-state index in [0.29, 0.717) is 6.61 Å². The van der Waals surface area contributed by atoms with Gasteiger partial charge in [-0.1, -0.05) is 19.9 Å². The van der Waals surface area contributed by atoms with Crippen LogP contribution in [0.15, 0.2) is 18.2 Å². The summed E-state index contributed by atoms with van der Waals surface area (Å²) in [5.41, 5.74) is -2.61. The van der Waals surface area contributed by atoms with E-state index in [1.807, 2.05) is 6.92 Å². The SMILES string of the molecule is CCO[C@H]1C[C@@](NC(=O)c2cccc(OC)c2F)(C(=O)O)C1(C)C. The van der Waals surface area contributed by atoms with Gasteiger partial charge in [-0.25, -0.2) is 9.18 Å². The smallest absolute Gasteiger partial charge is 0.330 e. The third-order valence-corrected chi connectivity index (χ3v) is 4.88. The van der Waals surface area contributed by atoms with Crippen LogP contribution in [0.2, 0.25) is 0 Å². The summed E-state index contributed by atoms with van der Waals surface area (Å²) >= 11 is 0. The molecule has 1 fully saturated rings. The molecule has 0 spiro atoms. The lowest BCUT2D eigenvalue weighted by molar-refractivity contribution is -0.190. The lowest BCUT2D eigenvalue weighted by atomic mass is 9.54. The van der Waals surface area contributed by atoms with E-state index in [1.165, 1.54) is 25.3 Å². The first kappa shape index (κ1) is 18.2. The van der Waals surface area contributed by atoms with E-state index in [4.69, 9.17) is 9.47 Å². The van der Waals surface area contributed by atoms with E-state index in [0.717, 1.165) is 0 Å². The number of aliphatic carboxylic acids is 1. The highest BCUT2D eigenvalue weighted by atomic mass is 19.1. The summed E-state index contributed by atoms with van der Waals surface area (Å²) in [5, 5.41) is 12.2. The summed E-state index contributed by atoms with van der Waals surface area (Å²) in [5.74, 6) is -2.86. The lowest BCUT2D eigenvalue weighted by Gasteiger charge is -2.58. The first-order valence-electron chi connectivity index (χ1n) is 7.71. The number of methoxy groups -OCH3 is 1. The van der Waals surface area contributed by atoms with Crippen molar-refractivity contribution < 1.29 is 28.6 Å². The number of benzene rings is 1. The molecule has 1 aliphatic rings. The fraction of sp³-hybridized carbons (Fsp3) is 0.529. The number of carbonyl (C=O) groups excluding carboxylic acids is 1. The van der Waals surface area contributed by atoms with Crippen LogP contribution in [0.3, 0.4) is 0 Å². The number of rotatable bonds is 6. The molecule has 2 N–H and O–H groups in total. The molecule has 0 aliphatic heterocycles. The Kier molecular flexibility index (Phi) is 4.85. The molecule has 0 saturated heterocycles. The van der Waals surface area contributed by atoms with Crippen LogP contribution in [0.25, 0.3) is 0 Å². The molecule has 0 unspecified atom stereocenters. The standard InChI is InChI=1S/C17H22FNO5/c1-5-24-12-9-17(15(21)22,16(12,2)3)19-14(20)10-7-6-8-11(23-4)13(10)18/h6-8,12H,5,9H2,1-4H3,(H,19,20)(H,21,22)/t12-,17+/m0/s1. The Balaban J connectivity index is 2.31. The van der Waals surface area contributed by atoms with Crippen molar-refractivity contribution in [2.75, 3.05) is 13.7 Å². The van der Waals surface area contributed by atoms with E-state index in [1.54, 1.807) is 13.8 Å². The van der Waals surface area contributed by atoms with Crippen molar-refractivity contribution in [2.24, 2.45) is 5.41 Å². The zero-order valence-corrected chi connectivity index (χ0v) is 14.2. The normalized spacial score (nSPS) is 24.8. The van der Waals surface area contributed by atoms with E-state index in [-0.39, 0.29) is 23.8 Å². The fourth-order valence-corrected chi connectivity index (χ4v) is 3.14. The van der Waals surface area contributed by atoms with Gasteiger partial charge in [0, 0.05) is 18.4 Å². The average molecular weight is 339 g/mol. The van der Waals surface area contributed by atoms with Crippen molar-refractivity contribution in [3.63, 3.8) is 0 Å². The number of hydrogen-bond acceptors (Lipinski definition) is 4. The highest BCUT2D eigenvalue weighted by Crippen LogP contribution is 2.51. The van der Waals surface area contributed by atoms with Crippen molar-refractivity contribution in [3.05, 3.63) is 29.6 Å². The van der Waals surface area contributed by atoms with Gasteiger partial charge in [0.05, 0.1) is 18.8 Å². The molecule has 1 aliphatic carbocycles. The number of carboxylic acids is 1. The van der Waals surface area contributed by atoms with E-state index >= 15 is 0 Å². The van der Waals surface area contributed by atoms with Crippen LogP contribution >= 0.6 is 0 Å². The van der Waals surface area contributed by atoms with E-state index in [9.17, 15) is 19.1 Å². The van der Waals surface area contributed by atoms with Gasteiger partial charge in [0.2, 0.25) is 0 Å². The molecule has 0 heterocycles. The third-order valence-electron chi connectivity index (χ3n) is 4.88. The molecule has 0 aromatic heterocycles. The topological polar surface area (TPSA) is 84.9 Å². The predicted molar refractivity (Wildman–Crippen MR) is 84.6 cm³/mol. The molecular weight excluding hydrogens is 317 g/mol. The lowest BCUT2D eigenvalue weighted by Crippen LogP contribution is -2.76. The number of hydrogen-bond donors (Lipinski definition) is 2. The van der Waals surface area contributed by atoms with Crippen molar-refractivity contribution in [1.82, 2.24) is 5.32 Å². The largest absolute Gasteiger partial charge is 0.494 e. The first-order valence-corrected chi connectivity index (χ1v) is 7.71. The minimum Gasteiger partial charge on any atom is -0.494 e. The molecule has 1 aromatic rings. The quantitative estimate of drug-likeness (QED) is 0.830. The zero-order valence-electron chi connectivity index (χ0n) is 14.2. The maximum Gasteiger partial charge on any atom is 0.330 e. The second-order valence-corrected chi connectivity index (χ2v) is 6.36. The monoisotopic (exact) mass is 339 g/mol. The van der Waals surface area contributed by atoms with Crippen LogP contribution in [0.1, 0.15) is 37.6 Å². The fourth-order valence-electron chi connectivity index (χ4n) is 3.14. The average Bonchev–Trinajstić information content (AvgIpc) is 2.53. The Bertz CT molecular complexity index is 660. The van der Waals surface area contributed by atoms with Gasteiger partial charge in [-0.2, -0.15) is 0 Å². The number of carboxylic acid groups (broad SMARTS) is 1. The second-order valence-electron chi connectivity index (χ2n) is 6.36.